The maximum atomic E-state index is 12.7. The molecule has 1 spiro atoms. The van der Waals surface area contributed by atoms with Crippen LogP contribution in [0.1, 0.15) is 33.6 Å². The van der Waals surface area contributed by atoms with Gasteiger partial charge < -0.3 is 9.64 Å². The van der Waals surface area contributed by atoms with Crippen LogP contribution >= 0.6 is 11.6 Å². The molecule has 0 bridgehead atoms. The van der Waals surface area contributed by atoms with Gasteiger partial charge in [-0.2, -0.15) is 0 Å². The zero-order chi connectivity index (χ0) is 16.7. The lowest BCUT2D eigenvalue weighted by molar-refractivity contribution is 0.0428. The lowest BCUT2D eigenvalue weighted by Gasteiger charge is -2.34. The van der Waals surface area contributed by atoms with Crippen LogP contribution in [0, 0.1) is 0 Å². The molecule has 4 rings (SSSR count). The van der Waals surface area contributed by atoms with E-state index >= 15 is 0 Å². The monoisotopic (exact) mass is 341 g/mol. The molecule has 2 aromatic carbocycles. The molecule has 0 aliphatic carbocycles. The van der Waals surface area contributed by atoms with Crippen LogP contribution in [-0.4, -0.2) is 35.3 Å². The van der Waals surface area contributed by atoms with E-state index in [4.69, 9.17) is 16.3 Å². The molecule has 1 fully saturated rings. The van der Waals surface area contributed by atoms with Crippen LogP contribution in [0.2, 0.25) is 5.02 Å². The van der Waals surface area contributed by atoms with Gasteiger partial charge >= 0.3 is 0 Å². The highest BCUT2D eigenvalue weighted by molar-refractivity contribution is 6.33. The zero-order valence-corrected chi connectivity index (χ0v) is 13.8. The number of hydrogen-bond acceptors (Lipinski definition) is 3. The molecule has 4 nitrogen and oxygen atoms in total. The number of benzene rings is 2. The number of carbonyl (C=O) groups excluding carboxylic acids is 2. The Morgan fingerprint density at radius 1 is 1.12 bits per heavy atom. The Morgan fingerprint density at radius 2 is 1.88 bits per heavy atom. The van der Waals surface area contributed by atoms with E-state index in [1.54, 1.807) is 35.2 Å². The standard InChI is InChI=1S/C19H16ClNO3/c20-15-7-3-1-5-13(15)18(23)21-10-9-19(12-21)11-16(22)14-6-2-4-8-17(14)24-19/h1-8H,9-12H2. The number of ether oxygens (including phenoxy) is 1. The van der Waals surface area contributed by atoms with Crippen molar-refractivity contribution in [2.75, 3.05) is 13.1 Å². The summed E-state index contributed by atoms with van der Waals surface area (Å²) in [5, 5.41) is 0.439. The molecular formula is C19H16ClNO3. The maximum Gasteiger partial charge on any atom is 0.255 e. The van der Waals surface area contributed by atoms with Gasteiger partial charge in [-0.1, -0.05) is 35.9 Å². The molecule has 5 heteroatoms. The molecular weight excluding hydrogens is 326 g/mol. The third-order valence-electron chi connectivity index (χ3n) is 4.70. The molecule has 2 aromatic rings. The van der Waals surface area contributed by atoms with Gasteiger partial charge in [-0.15, -0.1) is 0 Å². The van der Waals surface area contributed by atoms with E-state index in [0.717, 1.165) is 0 Å². The summed E-state index contributed by atoms with van der Waals surface area (Å²) in [6, 6.07) is 14.3. The van der Waals surface area contributed by atoms with Crippen molar-refractivity contribution in [3.8, 4) is 5.75 Å². The number of para-hydroxylation sites is 1. The fraction of sp³-hybridized carbons (Fsp3) is 0.263. The summed E-state index contributed by atoms with van der Waals surface area (Å²) in [6.07, 6.45) is 0.944. The Bertz CT molecular complexity index is 835. The summed E-state index contributed by atoms with van der Waals surface area (Å²) in [5.74, 6) is 0.567. The molecule has 0 aromatic heterocycles. The summed E-state index contributed by atoms with van der Waals surface area (Å²) in [4.78, 5) is 26.9. The fourth-order valence-electron chi connectivity index (χ4n) is 3.49. The minimum Gasteiger partial charge on any atom is -0.484 e. The second kappa shape index (κ2) is 5.64. The van der Waals surface area contributed by atoms with Crippen molar-refractivity contribution in [1.29, 1.82) is 0 Å². The minimum absolute atomic E-state index is 0.0730. The summed E-state index contributed by atoms with van der Waals surface area (Å²) in [6.45, 7) is 0.955. The number of fused-ring (bicyclic) bond motifs is 1. The van der Waals surface area contributed by atoms with Crippen LogP contribution in [0.25, 0.3) is 0 Å². The number of Topliss-reactive ketones (excluding diaryl/α,β-unsaturated/α-hetero) is 1. The predicted octanol–water partition coefficient (Wildman–Crippen LogP) is 3.59. The SMILES string of the molecule is O=C1CC2(CCN(C(=O)c3ccccc3Cl)C2)Oc2ccccc21. The minimum atomic E-state index is -0.623. The van der Waals surface area contributed by atoms with Crippen LogP contribution in [0.15, 0.2) is 48.5 Å². The van der Waals surface area contributed by atoms with E-state index in [1.807, 2.05) is 18.2 Å². The van der Waals surface area contributed by atoms with Gasteiger partial charge in [-0.3, -0.25) is 9.59 Å². The highest BCUT2D eigenvalue weighted by atomic mass is 35.5. The third kappa shape index (κ3) is 2.47. The second-order valence-electron chi connectivity index (χ2n) is 6.34. The number of carbonyl (C=O) groups is 2. The Morgan fingerprint density at radius 3 is 2.71 bits per heavy atom. The number of hydrogen-bond donors (Lipinski definition) is 0. The van der Waals surface area contributed by atoms with Crippen LogP contribution in [0.3, 0.4) is 0 Å². The fourth-order valence-corrected chi connectivity index (χ4v) is 3.71. The molecule has 0 N–H and O–H groups in total. The first-order chi connectivity index (χ1) is 11.6. The quantitative estimate of drug-likeness (QED) is 0.796. The van der Waals surface area contributed by atoms with Gasteiger partial charge in [0.1, 0.15) is 11.4 Å². The van der Waals surface area contributed by atoms with Crippen molar-refractivity contribution in [3.05, 3.63) is 64.7 Å². The van der Waals surface area contributed by atoms with Crippen molar-refractivity contribution in [2.24, 2.45) is 0 Å². The molecule has 0 radical (unpaired) electrons. The lowest BCUT2D eigenvalue weighted by Crippen LogP contribution is -2.45. The van der Waals surface area contributed by atoms with Crippen molar-refractivity contribution >= 4 is 23.3 Å². The molecule has 2 aliphatic rings. The smallest absolute Gasteiger partial charge is 0.255 e. The lowest BCUT2D eigenvalue weighted by atomic mass is 9.89. The molecule has 1 unspecified atom stereocenters. The summed E-state index contributed by atoms with van der Waals surface area (Å²) >= 11 is 6.13. The van der Waals surface area contributed by atoms with Gasteiger partial charge in [0.2, 0.25) is 0 Å². The highest BCUT2D eigenvalue weighted by Gasteiger charge is 2.47. The zero-order valence-electron chi connectivity index (χ0n) is 13.0. The summed E-state index contributed by atoms with van der Waals surface area (Å²) in [7, 11) is 0. The average molecular weight is 342 g/mol. The van der Waals surface area contributed by atoms with Gasteiger partial charge in [-0.05, 0) is 24.3 Å². The highest BCUT2D eigenvalue weighted by Crippen LogP contribution is 2.39. The van der Waals surface area contributed by atoms with Crippen molar-refractivity contribution in [2.45, 2.75) is 18.4 Å². The average Bonchev–Trinajstić information content (AvgIpc) is 2.98. The van der Waals surface area contributed by atoms with E-state index in [-0.39, 0.29) is 11.7 Å². The van der Waals surface area contributed by atoms with Gasteiger partial charge in [0, 0.05) is 13.0 Å². The van der Waals surface area contributed by atoms with Gasteiger partial charge in [0.15, 0.2) is 5.78 Å². The van der Waals surface area contributed by atoms with Crippen molar-refractivity contribution in [3.63, 3.8) is 0 Å². The molecule has 2 aliphatic heterocycles. The maximum absolute atomic E-state index is 12.7. The first-order valence-electron chi connectivity index (χ1n) is 7.93. The number of halogens is 1. The number of ketones is 1. The number of amides is 1. The Balaban J connectivity index is 1.58. The number of rotatable bonds is 1. The predicted molar refractivity (Wildman–Crippen MR) is 90.7 cm³/mol. The van der Waals surface area contributed by atoms with E-state index < -0.39 is 5.60 Å². The van der Waals surface area contributed by atoms with Crippen molar-refractivity contribution < 1.29 is 14.3 Å². The van der Waals surface area contributed by atoms with Gasteiger partial charge in [-0.25, -0.2) is 0 Å². The van der Waals surface area contributed by atoms with E-state index in [1.165, 1.54) is 0 Å². The molecule has 122 valence electrons. The molecule has 1 amide bonds. The van der Waals surface area contributed by atoms with Crippen LogP contribution in [-0.2, 0) is 0 Å². The van der Waals surface area contributed by atoms with Crippen molar-refractivity contribution in [1.82, 2.24) is 4.90 Å². The van der Waals surface area contributed by atoms with Crippen LogP contribution < -0.4 is 4.74 Å². The number of likely N-dealkylation sites (tertiary alicyclic amines) is 1. The molecule has 1 atom stereocenters. The number of nitrogens with zero attached hydrogens (tertiary/aromatic N) is 1. The normalized spacial score (nSPS) is 22.4. The molecule has 1 saturated heterocycles. The van der Waals surface area contributed by atoms with Crippen LogP contribution in [0.5, 0.6) is 5.75 Å². The summed E-state index contributed by atoms with van der Waals surface area (Å²) < 4.78 is 6.15. The first-order valence-corrected chi connectivity index (χ1v) is 8.31. The van der Waals surface area contributed by atoms with E-state index in [2.05, 4.69) is 0 Å². The molecule has 2 heterocycles. The van der Waals surface area contributed by atoms with Gasteiger partial charge in [0.25, 0.3) is 5.91 Å². The molecule has 24 heavy (non-hydrogen) atoms. The van der Waals surface area contributed by atoms with E-state index in [9.17, 15) is 9.59 Å². The third-order valence-corrected chi connectivity index (χ3v) is 5.03. The Kier molecular flexibility index (Phi) is 3.57. The largest absolute Gasteiger partial charge is 0.484 e. The van der Waals surface area contributed by atoms with E-state index in [0.29, 0.717) is 47.8 Å². The molecule has 0 saturated carbocycles. The van der Waals surface area contributed by atoms with Crippen LogP contribution in [0.4, 0.5) is 0 Å². The summed E-state index contributed by atoms with van der Waals surface area (Å²) in [5.41, 5.74) is 0.486. The Hall–Kier alpha value is -2.33. The topological polar surface area (TPSA) is 46.6 Å². The first kappa shape index (κ1) is 15.2. The second-order valence-corrected chi connectivity index (χ2v) is 6.74. The Labute approximate surface area is 145 Å². The van der Waals surface area contributed by atoms with Gasteiger partial charge in [0.05, 0.1) is 29.1 Å².